The molecule has 0 radical (unpaired) electrons. The molecule has 1 heterocycles. The molecule has 32 heavy (non-hydrogen) atoms. The molecule has 0 atom stereocenters. The van der Waals surface area contributed by atoms with Crippen LogP contribution in [-0.2, 0) is 5.54 Å². The molecule has 7 heteroatoms. The Labute approximate surface area is 191 Å². The van der Waals surface area contributed by atoms with Crippen molar-refractivity contribution in [1.82, 2.24) is 0 Å². The Bertz CT molecular complexity index is 1130. The van der Waals surface area contributed by atoms with Gasteiger partial charge >= 0.3 is 0 Å². The van der Waals surface area contributed by atoms with Gasteiger partial charge in [-0.2, -0.15) is 0 Å². The highest BCUT2D eigenvalue weighted by Crippen LogP contribution is 2.45. The van der Waals surface area contributed by atoms with Crippen LogP contribution in [0.3, 0.4) is 0 Å². The van der Waals surface area contributed by atoms with Gasteiger partial charge in [-0.15, -0.1) is 0 Å². The molecule has 0 spiro atoms. The van der Waals surface area contributed by atoms with Crippen molar-refractivity contribution >= 4 is 33.3 Å². The van der Waals surface area contributed by atoms with Crippen molar-refractivity contribution in [1.29, 1.82) is 0 Å². The van der Waals surface area contributed by atoms with E-state index in [2.05, 4.69) is 50.4 Å². The summed E-state index contributed by atoms with van der Waals surface area (Å²) in [5, 5.41) is 15.9. The molecule has 0 amide bonds. The van der Waals surface area contributed by atoms with Crippen LogP contribution < -0.4 is 5.32 Å². The largest absolute Gasteiger partial charge is 0.335 e. The standard InChI is InChI=1S/C25H24N4O2S/c1-24(2,3)27-22-25(18-10-6-4-7-11-18,19-12-8-5-9-13-19)28-23(32-22)26-20-14-16-21(17-15-20)29(30)31/h4-17H,1-3H3,(H,26,28). The first-order chi connectivity index (χ1) is 15.3. The number of nitrogens with zero attached hydrogens (tertiary/aromatic N) is 3. The van der Waals surface area contributed by atoms with Crippen LogP contribution in [0.5, 0.6) is 0 Å². The van der Waals surface area contributed by atoms with Crippen LogP contribution in [0.15, 0.2) is 94.9 Å². The maximum atomic E-state index is 11.0. The molecule has 0 unspecified atom stereocenters. The number of nitrogens with one attached hydrogen (secondary N) is 1. The predicted octanol–water partition coefficient (Wildman–Crippen LogP) is 6.25. The molecule has 3 aromatic carbocycles. The highest BCUT2D eigenvalue weighted by molar-refractivity contribution is 8.27. The highest BCUT2D eigenvalue weighted by atomic mass is 32.2. The lowest BCUT2D eigenvalue weighted by atomic mass is 9.84. The Balaban J connectivity index is 1.84. The Morgan fingerprint density at radius 2 is 1.44 bits per heavy atom. The second-order valence-corrected chi connectivity index (χ2v) is 9.46. The van der Waals surface area contributed by atoms with E-state index in [9.17, 15) is 10.1 Å². The van der Waals surface area contributed by atoms with E-state index in [1.54, 1.807) is 12.1 Å². The molecular formula is C25H24N4O2S. The van der Waals surface area contributed by atoms with Gasteiger partial charge < -0.3 is 5.32 Å². The molecule has 1 N–H and O–H groups in total. The zero-order chi connectivity index (χ0) is 22.8. The van der Waals surface area contributed by atoms with Gasteiger partial charge in [0.2, 0.25) is 0 Å². The fourth-order valence-electron chi connectivity index (χ4n) is 3.54. The van der Waals surface area contributed by atoms with Crippen LogP contribution in [0.25, 0.3) is 0 Å². The fourth-order valence-corrected chi connectivity index (χ4v) is 4.82. The van der Waals surface area contributed by atoms with E-state index >= 15 is 0 Å². The topological polar surface area (TPSA) is 79.9 Å². The summed E-state index contributed by atoms with van der Waals surface area (Å²) in [7, 11) is 0. The Morgan fingerprint density at radius 1 is 0.906 bits per heavy atom. The number of amidine groups is 1. The molecule has 0 aromatic heterocycles. The van der Waals surface area contributed by atoms with E-state index in [1.807, 2.05) is 36.4 Å². The van der Waals surface area contributed by atoms with Gasteiger partial charge in [0, 0.05) is 17.8 Å². The van der Waals surface area contributed by atoms with Crippen molar-refractivity contribution in [3.8, 4) is 0 Å². The summed E-state index contributed by atoms with van der Waals surface area (Å²) < 4.78 is 0. The molecule has 0 aliphatic carbocycles. The quantitative estimate of drug-likeness (QED) is 0.381. The van der Waals surface area contributed by atoms with Crippen LogP contribution in [0.1, 0.15) is 31.9 Å². The molecule has 6 nitrogen and oxygen atoms in total. The summed E-state index contributed by atoms with van der Waals surface area (Å²) in [6.07, 6.45) is 0. The minimum absolute atomic E-state index is 0.0504. The van der Waals surface area contributed by atoms with Gasteiger partial charge in [-0.05, 0) is 55.8 Å². The van der Waals surface area contributed by atoms with Gasteiger partial charge in [0.25, 0.3) is 5.69 Å². The van der Waals surface area contributed by atoms with Gasteiger partial charge in [-0.25, -0.2) is 4.99 Å². The van der Waals surface area contributed by atoms with E-state index < -0.39 is 10.5 Å². The van der Waals surface area contributed by atoms with Crippen LogP contribution >= 0.6 is 11.8 Å². The van der Waals surface area contributed by atoms with Gasteiger partial charge in [-0.1, -0.05) is 60.7 Å². The monoisotopic (exact) mass is 444 g/mol. The lowest BCUT2D eigenvalue weighted by molar-refractivity contribution is -0.384. The van der Waals surface area contributed by atoms with E-state index in [4.69, 9.17) is 9.98 Å². The summed E-state index contributed by atoms with van der Waals surface area (Å²) in [5.74, 6) is 0. The fraction of sp³-hybridized carbons (Fsp3) is 0.200. The number of nitro benzene ring substituents is 1. The van der Waals surface area contributed by atoms with Crippen molar-refractivity contribution in [3.05, 3.63) is 106 Å². The van der Waals surface area contributed by atoms with Crippen LogP contribution in [0.2, 0.25) is 0 Å². The lowest BCUT2D eigenvalue weighted by Gasteiger charge is -2.29. The maximum absolute atomic E-state index is 11.0. The minimum Gasteiger partial charge on any atom is -0.335 e. The van der Waals surface area contributed by atoms with Gasteiger partial charge in [-0.3, -0.25) is 15.1 Å². The Morgan fingerprint density at radius 3 is 1.91 bits per heavy atom. The summed E-state index contributed by atoms with van der Waals surface area (Å²) in [5.41, 5.74) is 1.77. The molecule has 3 aromatic rings. The Hall–Kier alpha value is -3.45. The van der Waals surface area contributed by atoms with E-state index in [0.717, 1.165) is 21.9 Å². The van der Waals surface area contributed by atoms with Crippen molar-refractivity contribution < 1.29 is 4.92 Å². The number of rotatable bonds is 4. The molecule has 1 aliphatic heterocycles. The van der Waals surface area contributed by atoms with E-state index in [-0.39, 0.29) is 11.2 Å². The lowest BCUT2D eigenvalue weighted by Crippen LogP contribution is -2.32. The average Bonchev–Trinajstić information content (AvgIpc) is 3.12. The minimum atomic E-state index is -0.774. The third-order valence-electron chi connectivity index (χ3n) is 4.92. The summed E-state index contributed by atoms with van der Waals surface area (Å²) in [4.78, 5) is 20.8. The highest BCUT2D eigenvalue weighted by Gasteiger charge is 2.46. The molecule has 0 saturated carbocycles. The SMILES string of the molecule is CC(C)(C)N=C1SC(Nc2ccc([N+](=O)[O-])cc2)=NC1(c1ccccc1)c1ccccc1. The number of anilines is 1. The molecule has 0 saturated heterocycles. The van der Waals surface area contributed by atoms with Crippen molar-refractivity contribution in [2.24, 2.45) is 9.98 Å². The average molecular weight is 445 g/mol. The second-order valence-electron chi connectivity index (χ2n) is 8.48. The summed E-state index contributed by atoms with van der Waals surface area (Å²) in [6, 6.07) is 26.7. The second kappa shape index (κ2) is 8.59. The van der Waals surface area contributed by atoms with Crippen molar-refractivity contribution in [3.63, 3.8) is 0 Å². The summed E-state index contributed by atoms with van der Waals surface area (Å²) in [6.45, 7) is 6.22. The molecule has 0 bridgehead atoms. The molecule has 162 valence electrons. The third-order valence-corrected chi connectivity index (χ3v) is 5.89. The molecule has 4 rings (SSSR count). The van der Waals surface area contributed by atoms with Crippen molar-refractivity contribution in [2.45, 2.75) is 31.8 Å². The van der Waals surface area contributed by atoms with E-state index in [1.165, 1.54) is 23.9 Å². The van der Waals surface area contributed by atoms with Crippen LogP contribution in [-0.4, -0.2) is 20.7 Å². The third kappa shape index (κ3) is 4.43. The first-order valence-corrected chi connectivity index (χ1v) is 11.1. The van der Waals surface area contributed by atoms with Crippen LogP contribution in [0.4, 0.5) is 11.4 Å². The molecular weight excluding hydrogens is 420 g/mol. The van der Waals surface area contributed by atoms with Crippen molar-refractivity contribution in [2.75, 3.05) is 5.32 Å². The molecule has 0 fully saturated rings. The number of non-ortho nitro benzene ring substituents is 1. The first kappa shape index (κ1) is 21.8. The van der Waals surface area contributed by atoms with Gasteiger partial charge in [0.1, 0.15) is 5.04 Å². The first-order valence-electron chi connectivity index (χ1n) is 10.3. The number of nitro groups is 1. The zero-order valence-electron chi connectivity index (χ0n) is 18.1. The number of benzene rings is 3. The van der Waals surface area contributed by atoms with E-state index in [0.29, 0.717) is 5.17 Å². The zero-order valence-corrected chi connectivity index (χ0v) is 19.0. The smallest absolute Gasteiger partial charge is 0.269 e. The molecule has 1 aliphatic rings. The summed E-state index contributed by atoms with van der Waals surface area (Å²) >= 11 is 1.49. The Kier molecular flexibility index (Phi) is 5.84. The predicted molar refractivity (Wildman–Crippen MR) is 133 cm³/mol. The normalized spacial score (nSPS) is 16.6. The number of hydrogen-bond acceptors (Lipinski definition) is 6. The number of aliphatic imine (C=N–C) groups is 2. The number of thioether (sulfide) groups is 1. The van der Waals surface area contributed by atoms with Gasteiger partial charge in [0.15, 0.2) is 10.7 Å². The maximum Gasteiger partial charge on any atom is 0.269 e. The van der Waals surface area contributed by atoms with Crippen LogP contribution in [0, 0.1) is 10.1 Å². The van der Waals surface area contributed by atoms with Gasteiger partial charge in [0.05, 0.1) is 10.5 Å². The number of hydrogen-bond donors (Lipinski definition) is 1.